The van der Waals surface area contributed by atoms with Crippen molar-refractivity contribution in [2.45, 2.75) is 205 Å². The zero-order valence-corrected chi connectivity index (χ0v) is 32.3. The summed E-state index contributed by atoms with van der Waals surface area (Å²) in [4.78, 5) is 28.4. The molecule has 9 nitrogen and oxygen atoms in total. The molecule has 1 heterocycles. The fraction of sp³-hybridized carbons (Fsp3) is 0.810. The van der Waals surface area contributed by atoms with Crippen molar-refractivity contribution in [3.05, 3.63) is 35.9 Å². The van der Waals surface area contributed by atoms with E-state index in [0.717, 1.165) is 50.5 Å². The zero-order valence-electron chi connectivity index (χ0n) is 32.3. The van der Waals surface area contributed by atoms with Crippen molar-refractivity contribution >= 4 is 12.0 Å². The molecule has 0 aromatic heterocycles. The van der Waals surface area contributed by atoms with Crippen LogP contribution in [-0.2, 0) is 20.9 Å². The van der Waals surface area contributed by atoms with Crippen molar-refractivity contribution in [1.29, 1.82) is 0 Å². The number of amides is 2. The maximum absolute atomic E-state index is 13.9. The van der Waals surface area contributed by atoms with Gasteiger partial charge in [0.05, 0.1) is 6.61 Å². The van der Waals surface area contributed by atoms with Crippen LogP contribution in [0.1, 0.15) is 174 Å². The standard InChI is InChI=1S/C42H74N2O7/c1-3-5-7-9-11-13-15-17-19-21-23-28-32-44(37(46)31-27-22-20-18-16-14-12-10-8-6-4-2)41-38(40(48)39(47)36(33-45)51-41)43-42(49)50-34-35-29-25-24-26-30-35/h24-26,29-30,36,38-41,45,47-48H,3-23,27-28,31-34H2,1-2H3,(H,43,49)/t36-,38-,39+,40-,41-/m1/s1. The van der Waals surface area contributed by atoms with Crippen LogP contribution in [0.25, 0.3) is 0 Å². The molecule has 0 bridgehead atoms. The number of benzene rings is 1. The molecule has 0 spiro atoms. The smallest absolute Gasteiger partial charge is 0.407 e. The van der Waals surface area contributed by atoms with E-state index >= 15 is 0 Å². The lowest BCUT2D eigenvalue weighted by atomic mass is 9.95. The van der Waals surface area contributed by atoms with E-state index in [1.165, 1.54) is 103 Å². The Balaban J connectivity index is 1.96. The predicted octanol–water partition coefficient (Wildman–Crippen LogP) is 8.95. The fourth-order valence-electron chi connectivity index (χ4n) is 7.02. The molecule has 1 aromatic rings. The molecule has 1 saturated heterocycles. The Morgan fingerprint density at radius 1 is 0.686 bits per heavy atom. The number of ether oxygens (including phenoxy) is 2. The average Bonchev–Trinajstić information content (AvgIpc) is 3.14. The van der Waals surface area contributed by atoms with Crippen molar-refractivity contribution in [3.63, 3.8) is 0 Å². The number of hydrogen-bond acceptors (Lipinski definition) is 7. The molecule has 1 fully saturated rings. The monoisotopic (exact) mass is 719 g/mol. The van der Waals surface area contributed by atoms with Crippen LogP contribution in [0.5, 0.6) is 0 Å². The molecule has 0 radical (unpaired) electrons. The van der Waals surface area contributed by atoms with Gasteiger partial charge in [0, 0.05) is 13.0 Å². The van der Waals surface area contributed by atoms with Gasteiger partial charge in [0.1, 0.15) is 31.0 Å². The number of carbonyl (C=O) groups is 2. The highest BCUT2D eigenvalue weighted by molar-refractivity contribution is 5.76. The minimum Gasteiger partial charge on any atom is -0.445 e. The van der Waals surface area contributed by atoms with Crippen LogP contribution < -0.4 is 5.32 Å². The first kappa shape index (κ1) is 45.0. The Morgan fingerprint density at radius 3 is 1.65 bits per heavy atom. The third-order valence-corrected chi connectivity index (χ3v) is 10.3. The van der Waals surface area contributed by atoms with E-state index in [4.69, 9.17) is 9.47 Å². The van der Waals surface area contributed by atoms with Crippen LogP contribution in [0, 0.1) is 0 Å². The minimum absolute atomic E-state index is 0.0309. The maximum Gasteiger partial charge on any atom is 0.407 e. The van der Waals surface area contributed by atoms with E-state index in [9.17, 15) is 24.9 Å². The number of hydrogen-bond donors (Lipinski definition) is 4. The Hall–Kier alpha value is -2.20. The predicted molar refractivity (Wildman–Crippen MR) is 205 cm³/mol. The number of rotatable bonds is 30. The SMILES string of the molecule is CCCCCCCCCCCCCCN(C(=O)CCCCCCCCCCCCC)[C@@H]1O[C@H](CO)[C@H](O)[C@H](O)[C@H]1NC(=O)OCc1ccccc1. The first-order valence-electron chi connectivity index (χ1n) is 20.8. The first-order valence-corrected chi connectivity index (χ1v) is 20.8. The number of carbonyl (C=O) groups excluding carboxylic acids is 2. The van der Waals surface area contributed by atoms with Gasteiger partial charge in [-0.05, 0) is 18.4 Å². The van der Waals surface area contributed by atoms with Crippen molar-refractivity contribution in [3.8, 4) is 0 Å². The number of alkyl carbamates (subject to hydrolysis) is 1. The number of aliphatic hydroxyl groups excluding tert-OH is 3. The second kappa shape index (κ2) is 29.3. The molecule has 2 rings (SSSR count). The van der Waals surface area contributed by atoms with Crippen molar-refractivity contribution in [2.75, 3.05) is 13.2 Å². The molecule has 294 valence electrons. The van der Waals surface area contributed by atoms with E-state index in [1.54, 1.807) is 4.90 Å². The van der Waals surface area contributed by atoms with Gasteiger partial charge >= 0.3 is 6.09 Å². The number of unbranched alkanes of at least 4 members (excludes halogenated alkanes) is 21. The van der Waals surface area contributed by atoms with Gasteiger partial charge in [0.2, 0.25) is 5.91 Å². The van der Waals surface area contributed by atoms with E-state index in [0.29, 0.717) is 13.0 Å². The summed E-state index contributed by atoms with van der Waals surface area (Å²) in [5, 5.41) is 34.6. The van der Waals surface area contributed by atoms with Gasteiger partial charge in [-0.2, -0.15) is 0 Å². The van der Waals surface area contributed by atoms with Gasteiger partial charge in [-0.25, -0.2) is 4.79 Å². The van der Waals surface area contributed by atoms with Gasteiger partial charge < -0.3 is 35.0 Å². The fourth-order valence-corrected chi connectivity index (χ4v) is 7.02. The molecule has 2 amide bonds. The number of nitrogens with one attached hydrogen (secondary N) is 1. The molecule has 51 heavy (non-hydrogen) atoms. The van der Waals surface area contributed by atoms with Crippen LogP contribution in [0.4, 0.5) is 4.79 Å². The Labute approximate surface area is 310 Å². The van der Waals surface area contributed by atoms with E-state index < -0.39 is 43.3 Å². The summed E-state index contributed by atoms with van der Waals surface area (Å²) in [7, 11) is 0. The van der Waals surface area contributed by atoms with Gasteiger partial charge in [0.25, 0.3) is 0 Å². The van der Waals surface area contributed by atoms with E-state index in [-0.39, 0.29) is 12.5 Å². The highest BCUT2D eigenvalue weighted by Gasteiger charge is 2.48. The molecular weight excluding hydrogens is 644 g/mol. The molecule has 0 aliphatic carbocycles. The van der Waals surface area contributed by atoms with Crippen molar-refractivity contribution < 1.29 is 34.4 Å². The van der Waals surface area contributed by atoms with Crippen molar-refractivity contribution in [1.82, 2.24) is 10.2 Å². The largest absolute Gasteiger partial charge is 0.445 e. The van der Waals surface area contributed by atoms with Gasteiger partial charge in [0.15, 0.2) is 6.23 Å². The number of aliphatic hydroxyl groups is 3. The lowest BCUT2D eigenvalue weighted by molar-refractivity contribution is -0.230. The second-order valence-electron chi connectivity index (χ2n) is 14.7. The van der Waals surface area contributed by atoms with Crippen LogP contribution in [0.3, 0.4) is 0 Å². The highest BCUT2D eigenvalue weighted by atomic mass is 16.6. The van der Waals surface area contributed by atoms with Crippen LogP contribution in [0.2, 0.25) is 0 Å². The van der Waals surface area contributed by atoms with Crippen LogP contribution in [-0.4, -0.2) is 76.0 Å². The molecule has 4 N–H and O–H groups in total. The summed E-state index contributed by atoms with van der Waals surface area (Å²) in [6.45, 7) is 4.39. The molecular formula is C42H74N2O7. The van der Waals surface area contributed by atoms with Crippen molar-refractivity contribution in [2.24, 2.45) is 0 Å². The summed E-state index contributed by atoms with van der Waals surface area (Å²) >= 11 is 0. The molecule has 5 atom stereocenters. The summed E-state index contributed by atoms with van der Waals surface area (Å²) in [5.41, 5.74) is 0.806. The molecule has 0 saturated carbocycles. The Morgan fingerprint density at radius 2 is 1.16 bits per heavy atom. The summed E-state index contributed by atoms with van der Waals surface area (Å²) < 4.78 is 11.5. The first-order chi connectivity index (χ1) is 24.9. The highest BCUT2D eigenvalue weighted by Crippen LogP contribution is 2.26. The van der Waals surface area contributed by atoms with Crippen LogP contribution in [0.15, 0.2) is 30.3 Å². The normalized spacial score (nSPS) is 20.3. The van der Waals surface area contributed by atoms with E-state index in [2.05, 4.69) is 19.2 Å². The van der Waals surface area contributed by atoms with E-state index in [1.807, 2.05) is 30.3 Å². The second-order valence-corrected chi connectivity index (χ2v) is 14.7. The van der Waals surface area contributed by atoms with Gasteiger partial charge in [-0.1, -0.05) is 179 Å². The molecule has 9 heteroatoms. The number of nitrogens with zero attached hydrogens (tertiary/aromatic N) is 1. The topological polar surface area (TPSA) is 129 Å². The third-order valence-electron chi connectivity index (χ3n) is 10.3. The summed E-state index contributed by atoms with van der Waals surface area (Å²) in [5.74, 6) is -0.108. The summed E-state index contributed by atoms with van der Waals surface area (Å²) in [6.07, 6.45) is 21.9. The maximum atomic E-state index is 13.9. The Kier molecular flexibility index (Phi) is 25.8. The van der Waals surface area contributed by atoms with Gasteiger partial charge in [-0.15, -0.1) is 0 Å². The molecule has 1 aliphatic rings. The quantitative estimate of drug-likeness (QED) is 0.0585. The third kappa shape index (κ3) is 19.4. The molecule has 0 unspecified atom stereocenters. The van der Waals surface area contributed by atoms with Crippen LogP contribution >= 0.6 is 0 Å². The average molecular weight is 719 g/mol. The zero-order chi connectivity index (χ0) is 36.9. The lowest BCUT2D eigenvalue weighted by Crippen LogP contribution is -2.68. The molecule has 1 aliphatic heterocycles. The summed E-state index contributed by atoms with van der Waals surface area (Å²) in [6, 6.07) is 8.13. The Bertz CT molecular complexity index is 997. The minimum atomic E-state index is -1.47. The van der Waals surface area contributed by atoms with Gasteiger partial charge in [-0.3, -0.25) is 4.79 Å². The lowest BCUT2D eigenvalue weighted by Gasteiger charge is -2.46. The molecule has 1 aromatic carbocycles.